The van der Waals surface area contributed by atoms with Crippen LogP contribution < -0.4 is 10.6 Å². The number of aromatic nitrogens is 1. The number of amides is 2. The fourth-order valence-corrected chi connectivity index (χ4v) is 3.56. The standard InChI is InChI=1S/C18H19F3N4O2S/c19-18(20,21)12-4-6-13(7-5-12)24-17-23-11-14(28-17)16(27)22-8-2-10-25-9-1-3-15(25)26/h4-7,11H,1-3,8-10H2,(H,22,27)(H,23,24). The summed E-state index contributed by atoms with van der Waals surface area (Å²) < 4.78 is 37.7. The first-order valence-electron chi connectivity index (χ1n) is 8.79. The summed E-state index contributed by atoms with van der Waals surface area (Å²) in [6.45, 7) is 1.85. The van der Waals surface area contributed by atoms with Gasteiger partial charge in [0.1, 0.15) is 4.88 Å². The van der Waals surface area contributed by atoms with Crippen LogP contribution in [-0.4, -0.2) is 41.3 Å². The second-order valence-electron chi connectivity index (χ2n) is 6.32. The van der Waals surface area contributed by atoms with Gasteiger partial charge in [-0.1, -0.05) is 11.3 Å². The second kappa shape index (κ2) is 8.59. The van der Waals surface area contributed by atoms with Gasteiger partial charge in [-0.25, -0.2) is 4.98 Å². The van der Waals surface area contributed by atoms with Crippen LogP contribution in [0.15, 0.2) is 30.5 Å². The summed E-state index contributed by atoms with van der Waals surface area (Å²) in [4.78, 5) is 29.9. The molecule has 1 aliphatic heterocycles. The van der Waals surface area contributed by atoms with Crippen LogP contribution in [0.3, 0.4) is 0 Å². The molecule has 1 aliphatic rings. The Labute approximate surface area is 163 Å². The number of thiazole rings is 1. The molecule has 6 nitrogen and oxygen atoms in total. The van der Waals surface area contributed by atoms with Crippen LogP contribution in [-0.2, 0) is 11.0 Å². The van der Waals surface area contributed by atoms with Crippen molar-refractivity contribution in [3.05, 3.63) is 40.9 Å². The van der Waals surface area contributed by atoms with Crippen molar-refractivity contribution in [1.29, 1.82) is 0 Å². The number of halogens is 3. The summed E-state index contributed by atoms with van der Waals surface area (Å²) in [5.41, 5.74) is -0.280. The van der Waals surface area contributed by atoms with E-state index in [-0.39, 0.29) is 11.8 Å². The van der Waals surface area contributed by atoms with Crippen LogP contribution in [0.5, 0.6) is 0 Å². The molecule has 0 radical (unpaired) electrons. The summed E-state index contributed by atoms with van der Waals surface area (Å²) in [6, 6.07) is 4.58. The monoisotopic (exact) mass is 412 g/mol. The van der Waals surface area contributed by atoms with E-state index in [0.717, 1.165) is 36.4 Å². The third kappa shape index (κ3) is 5.22. The molecular formula is C18H19F3N4O2S. The quantitative estimate of drug-likeness (QED) is 0.681. The van der Waals surface area contributed by atoms with Gasteiger partial charge < -0.3 is 15.5 Å². The van der Waals surface area contributed by atoms with Gasteiger partial charge in [-0.2, -0.15) is 13.2 Å². The minimum atomic E-state index is -4.38. The van der Waals surface area contributed by atoms with Crippen molar-refractivity contribution in [3.63, 3.8) is 0 Å². The number of anilines is 2. The van der Waals surface area contributed by atoms with Crippen LogP contribution in [0.25, 0.3) is 0 Å². The van der Waals surface area contributed by atoms with E-state index >= 15 is 0 Å². The van der Waals surface area contributed by atoms with Crippen molar-refractivity contribution in [2.45, 2.75) is 25.4 Å². The normalized spacial score (nSPS) is 14.4. The van der Waals surface area contributed by atoms with E-state index in [1.54, 1.807) is 4.90 Å². The van der Waals surface area contributed by atoms with Crippen molar-refractivity contribution >= 4 is 34.0 Å². The number of rotatable bonds is 7. The highest BCUT2D eigenvalue weighted by Crippen LogP contribution is 2.30. The zero-order valence-corrected chi connectivity index (χ0v) is 15.7. The Kier molecular flexibility index (Phi) is 6.18. The van der Waals surface area contributed by atoms with Crippen molar-refractivity contribution < 1.29 is 22.8 Å². The Balaban J connectivity index is 1.46. The largest absolute Gasteiger partial charge is 0.416 e. The molecule has 0 atom stereocenters. The predicted octanol–water partition coefficient (Wildman–Crippen LogP) is 3.65. The van der Waals surface area contributed by atoms with Gasteiger partial charge in [0.25, 0.3) is 5.91 Å². The highest BCUT2D eigenvalue weighted by atomic mass is 32.1. The molecule has 2 amide bonds. The number of benzene rings is 1. The zero-order valence-electron chi connectivity index (χ0n) is 14.9. The molecule has 2 aromatic rings. The lowest BCUT2D eigenvalue weighted by atomic mass is 10.2. The van der Waals surface area contributed by atoms with Crippen molar-refractivity contribution in [3.8, 4) is 0 Å². The fraction of sp³-hybridized carbons (Fsp3) is 0.389. The Hall–Kier alpha value is -2.62. The van der Waals surface area contributed by atoms with E-state index in [0.29, 0.717) is 41.6 Å². The van der Waals surface area contributed by atoms with Crippen LogP contribution >= 0.6 is 11.3 Å². The summed E-state index contributed by atoms with van der Waals surface area (Å²) in [7, 11) is 0. The van der Waals surface area contributed by atoms with E-state index in [1.165, 1.54) is 18.3 Å². The van der Waals surface area contributed by atoms with E-state index in [1.807, 2.05) is 0 Å². The van der Waals surface area contributed by atoms with Crippen LogP contribution in [0.1, 0.15) is 34.5 Å². The van der Waals surface area contributed by atoms with Crippen molar-refractivity contribution in [2.75, 3.05) is 25.0 Å². The maximum absolute atomic E-state index is 12.6. The van der Waals surface area contributed by atoms with E-state index in [9.17, 15) is 22.8 Å². The molecule has 1 aromatic heterocycles. The third-order valence-corrected chi connectivity index (χ3v) is 5.17. The summed E-state index contributed by atoms with van der Waals surface area (Å²) in [5, 5.41) is 6.07. The highest BCUT2D eigenvalue weighted by molar-refractivity contribution is 7.17. The number of alkyl halides is 3. The Bertz CT molecular complexity index is 836. The molecule has 1 aromatic carbocycles. The van der Waals surface area contributed by atoms with Crippen molar-refractivity contribution in [1.82, 2.24) is 15.2 Å². The van der Waals surface area contributed by atoms with Gasteiger partial charge in [-0.3, -0.25) is 9.59 Å². The van der Waals surface area contributed by atoms with E-state index < -0.39 is 11.7 Å². The molecule has 2 N–H and O–H groups in total. The van der Waals surface area contributed by atoms with Crippen LogP contribution in [0, 0.1) is 0 Å². The minimum absolute atomic E-state index is 0.160. The molecule has 0 unspecified atom stereocenters. The van der Waals surface area contributed by atoms with Gasteiger partial charge in [0.15, 0.2) is 5.13 Å². The summed E-state index contributed by atoms with van der Waals surface area (Å²) in [6.07, 6.45) is -0.806. The molecule has 0 bridgehead atoms. The topological polar surface area (TPSA) is 74.3 Å². The van der Waals surface area contributed by atoms with E-state index in [2.05, 4.69) is 15.6 Å². The first kappa shape index (κ1) is 20.1. The molecule has 28 heavy (non-hydrogen) atoms. The molecule has 3 rings (SSSR count). The molecule has 0 aliphatic carbocycles. The number of carbonyl (C=O) groups excluding carboxylic acids is 2. The molecule has 150 valence electrons. The lowest BCUT2D eigenvalue weighted by Gasteiger charge is -2.15. The molecule has 1 fully saturated rings. The molecular weight excluding hydrogens is 393 g/mol. The van der Waals surface area contributed by atoms with Crippen LogP contribution in [0.4, 0.5) is 24.0 Å². The third-order valence-electron chi connectivity index (χ3n) is 4.25. The number of nitrogens with zero attached hydrogens (tertiary/aromatic N) is 2. The lowest BCUT2D eigenvalue weighted by molar-refractivity contribution is -0.137. The zero-order chi connectivity index (χ0) is 20.1. The Morgan fingerprint density at radius 1 is 1.25 bits per heavy atom. The number of hydrogen-bond donors (Lipinski definition) is 2. The molecule has 0 spiro atoms. The summed E-state index contributed by atoms with van der Waals surface area (Å²) >= 11 is 1.11. The molecule has 2 heterocycles. The smallest absolute Gasteiger partial charge is 0.351 e. The predicted molar refractivity (Wildman–Crippen MR) is 99.6 cm³/mol. The maximum Gasteiger partial charge on any atom is 0.416 e. The van der Waals surface area contributed by atoms with Gasteiger partial charge in [0, 0.05) is 31.7 Å². The maximum atomic E-state index is 12.6. The Morgan fingerprint density at radius 3 is 2.64 bits per heavy atom. The van der Waals surface area contributed by atoms with Gasteiger partial charge in [0.2, 0.25) is 5.91 Å². The molecule has 10 heteroatoms. The lowest BCUT2D eigenvalue weighted by Crippen LogP contribution is -2.30. The van der Waals surface area contributed by atoms with E-state index in [4.69, 9.17) is 0 Å². The second-order valence-corrected chi connectivity index (χ2v) is 7.35. The Morgan fingerprint density at radius 2 is 2.00 bits per heavy atom. The van der Waals surface area contributed by atoms with Gasteiger partial charge >= 0.3 is 6.18 Å². The highest BCUT2D eigenvalue weighted by Gasteiger charge is 2.30. The SMILES string of the molecule is O=C(NCCCN1CCCC1=O)c1cnc(Nc2ccc(C(F)(F)F)cc2)s1. The average Bonchev–Trinajstić information content (AvgIpc) is 3.27. The van der Waals surface area contributed by atoms with Gasteiger partial charge in [-0.15, -0.1) is 0 Å². The fourth-order valence-electron chi connectivity index (χ4n) is 2.80. The van der Waals surface area contributed by atoms with Gasteiger partial charge in [-0.05, 0) is 37.1 Å². The number of carbonyl (C=O) groups is 2. The average molecular weight is 412 g/mol. The first-order chi connectivity index (χ1) is 13.3. The number of hydrogen-bond acceptors (Lipinski definition) is 5. The first-order valence-corrected chi connectivity index (χ1v) is 9.60. The summed E-state index contributed by atoms with van der Waals surface area (Å²) in [5.74, 6) is -0.113. The molecule has 1 saturated heterocycles. The minimum Gasteiger partial charge on any atom is -0.351 e. The van der Waals surface area contributed by atoms with Crippen LogP contribution in [0.2, 0.25) is 0 Å². The molecule has 0 saturated carbocycles. The van der Waals surface area contributed by atoms with Crippen molar-refractivity contribution in [2.24, 2.45) is 0 Å². The number of nitrogens with one attached hydrogen (secondary N) is 2. The van der Waals surface area contributed by atoms with Gasteiger partial charge in [0.05, 0.1) is 11.8 Å². The number of likely N-dealkylation sites (tertiary alicyclic amines) is 1.